The molecule has 0 saturated carbocycles. The van der Waals surface area contributed by atoms with Gasteiger partial charge in [0.2, 0.25) is 0 Å². The molecule has 0 aliphatic rings. The van der Waals surface area contributed by atoms with Gasteiger partial charge in [0.25, 0.3) is 0 Å². The molecule has 3 nitrogen and oxygen atoms in total. The van der Waals surface area contributed by atoms with E-state index < -0.39 is 0 Å². The molecule has 1 aromatic heterocycles. The van der Waals surface area contributed by atoms with Crippen molar-refractivity contribution < 1.29 is 0 Å². The molecule has 2 aromatic rings. The summed E-state index contributed by atoms with van der Waals surface area (Å²) in [6.07, 6.45) is 6.25. The van der Waals surface area contributed by atoms with E-state index in [-0.39, 0.29) is 0 Å². The highest BCUT2D eigenvalue weighted by Crippen LogP contribution is 2.16. The molecule has 0 bridgehead atoms. The molecule has 2 rings (SSSR count). The second-order valence-electron chi connectivity index (χ2n) is 4.45. The van der Waals surface area contributed by atoms with Crippen LogP contribution in [0, 0.1) is 0 Å². The van der Waals surface area contributed by atoms with Crippen LogP contribution in [0.1, 0.15) is 19.4 Å². The molecule has 1 N–H and O–H groups in total. The van der Waals surface area contributed by atoms with Gasteiger partial charge < -0.3 is 5.32 Å². The summed E-state index contributed by atoms with van der Waals surface area (Å²) in [4.78, 5) is 8.38. The number of nitrogens with one attached hydrogen (secondary N) is 1. The van der Waals surface area contributed by atoms with Gasteiger partial charge in [0.1, 0.15) is 0 Å². The van der Waals surface area contributed by atoms with Crippen molar-refractivity contribution >= 4 is 0 Å². The van der Waals surface area contributed by atoms with Crippen LogP contribution in [0.5, 0.6) is 0 Å². The average Bonchev–Trinajstić information content (AvgIpc) is 2.41. The van der Waals surface area contributed by atoms with Crippen molar-refractivity contribution in [3.05, 3.63) is 48.4 Å². The van der Waals surface area contributed by atoms with Crippen LogP contribution in [0.25, 0.3) is 11.3 Å². The van der Waals surface area contributed by atoms with Gasteiger partial charge in [0.05, 0.1) is 11.9 Å². The minimum atomic E-state index is 0.511. The zero-order valence-corrected chi connectivity index (χ0v) is 10.9. The van der Waals surface area contributed by atoms with Gasteiger partial charge >= 0.3 is 0 Å². The van der Waals surface area contributed by atoms with Crippen LogP contribution in [0.4, 0.5) is 0 Å². The number of benzene rings is 1. The maximum Gasteiger partial charge on any atom is 0.0885 e. The Kier molecular flexibility index (Phi) is 4.42. The van der Waals surface area contributed by atoms with E-state index in [2.05, 4.69) is 53.4 Å². The minimum absolute atomic E-state index is 0.511. The number of rotatable bonds is 5. The zero-order valence-electron chi connectivity index (χ0n) is 10.9. The SMILES string of the molecule is CCNC(C)Cc1ccc(-c2cnccn2)cc1. The standard InChI is InChI=1S/C15H19N3/c1-3-17-12(2)10-13-4-6-14(7-5-13)15-11-16-8-9-18-15/h4-9,11-12,17H,3,10H2,1-2H3. The van der Waals surface area contributed by atoms with Crippen molar-refractivity contribution in [3.8, 4) is 11.3 Å². The van der Waals surface area contributed by atoms with E-state index in [1.165, 1.54) is 5.56 Å². The van der Waals surface area contributed by atoms with E-state index in [0.717, 1.165) is 24.2 Å². The topological polar surface area (TPSA) is 37.8 Å². The zero-order chi connectivity index (χ0) is 12.8. The summed E-state index contributed by atoms with van der Waals surface area (Å²) in [5.41, 5.74) is 3.38. The van der Waals surface area contributed by atoms with Gasteiger partial charge in [-0.25, -0.2) is 0 Å². The Labute approximate surface area is 108 Å². The highest BCUT2D eigenvalue weighted by atomic mass is 14.9. The first-order valence-corrected chi connectivity index (χ1v) is 6.38. The molecule has 1 atom stereocenters. The number of likely N-dealkylation sites (N-methyl/N-ethyl adjacent to an activating group) is 1. The van der Waals surface area contributed by atoms with Crippen LogP contribution in [-0.2, 0) is 6.42 Å². The number of nitrogens with zero attached hydrogens (tertiary/aromatic N) is 2. The second-order valence-corrected chi connectivity index (χ2v) is 4.45. The van der Waals surface area contributed by atoms with E-state index in [4.69, 9.17) is 0 Å². The fourth-order valence-corrected chi connectivity index (χ4v) is 2.03. The van der Waals surface area contributed by atoms with Gasteiger partial charge in [-0.15, -0.1) is 0 Å². The normalized spacial score (nSPS) is 12.3. The Balaban J connectivity index is 2.06. The third-order valence-corrected chi connectivity index (χ3v) is 2.91. The molecule has 1 aromatic carbocycles. The molecule has 0 fully saturated rings. The quantitative estimate of drug-likeness (QED) is 0.874. The van der Waals surface area contributed by atoms with Crippen molar-refractivity contribution in [1.82, 2.24) is 15.3 Å². The number of hydrogen-bond acceptors (Lipinski definition) is 3. The van der Waals surface area contributed by atoms with E-state index >= 15 is 0 Å². The molecule has 18 heavy (non-hydrogen) atoms. The first-order valence-electron chi connectivity index (χ1n) is 6.38. The minimum Gasteiger partial charge on any atom is -0.314 e. The van der Waals surface area contributed by atoms with E-state index in [1.54, 1.807) is 18.6 Å². The smallest absolute Gasteiger partial charge is 0.0885 e. The van der Waals surface area contributed by atoms with Gasteiger partial charge in [-0.3, -0.25) is 9.97 Å². The van der Waals surface area contributed by atoms with Gasteiger partial charge in [-0.2, -0.15) is 0 Å². The third-order valence-electron chi connectivity index (χ3n) is 2.91. The van der Waals surface area contributed by atoms with Crippen molar-refractivity contribution in [3.63, 3.8) is 0 Å². The number of aromatic nitrogens is 2. The van der Waals surface area contributed by atoms with Crippen LogP contribution in [0.3, 0.4) is 0 Å². The van der Waals surface area contributed by atoms with Crippen LogP contribution < -0.4 is 5.32 Å². The molecule has 0 spiro atoms. The predicted molar refractivity (Wildman–Crippen MR) is 74.3 cm³/mol. The molecule has 1 unspecified atom stereocenters. The summed E-state index contributed by atoms with van der Waals surface area (Å²) in [6, 6.07) is 9.06. The fraction of sp³-hybridized carbons (Fsp3) is 0.333. The van der Waals surface area contributed by atoms with Gasteiger partial charge in [0, 0.05) is 24.0 Å². The molecule has 3 heteroatoms. The number of hydrogen-bond donors (Lipinski definition) is 1. The molecule has 0 saturated heterocycles. The van der Waals surface area contributed by atoms with Crippen LogP contribution in [0.15, 0.2) is 42.9 Å². The molecule has 0 amide bonds. The lowest BCUT2D eigenvalue weighted by atomic mass is 10.0. The lowest BCUT2D eigenvalue weighted by Gasteiger charge is -2.12. The summed E-state index contributed by atoms with van der Waals surface area (Å²) in [7, 11) is 0. The average molecular weight is 241 g/mol. The maximum atomic E-state index is 4.29. The van der Waals surface area contributed by atoms with Crippen molar-refractivity contribution in [2.75, 3.05) is 6.54 Å². The van der Waals surface area contributed by atoms with Gasteiger partial charge in [-0.05, 0) is 25.5 Å². The Bertz CT molecular complexity index is 465. The van der Waals surface area contributed by atoms with E-state index in [1.807, 2.05) is 0 Å². The highest BCUT2D eigenvalue weighted by molar-refractivity contribution is 5.58. The van der Waals surface area contributed by atoms with Crippen LogP contribution in [-0.4, -0.2) is 22.6 Å². The van der Waals surface area contributed by atoms with Crippen molar-refractivity contribution in [2.24, 2.45) is 0 Å². The largest absolute Gasteiger partial charge is 0.314 e. The molecular formula is C15H19N3. The molecule has 0 aliphatic heterocycles. The molecule has 0 radical (unpaired) electrons. The lowest BCUT2D eigenvalue weighted by molar-refractivity contribution is 0.565. The molecule has 94 valence electrons. The van der Waals surface area contributed by atoms with Crippen molar-refractivity contribution in [1.29, 1.82) is 0 Å². The first-order chi connectivity index (χ1) is 8.79. The molecule has 0 aliphatic carbocycles. The Hall–Kier alpha value is -1.74. The Morgan fingerprint density at radius 1 is 1.17 bits per heavy atom. The second kappa shape index (κ2) is 6.26. The first kappa shape index (κ1) is 12.7. The molecule has 1 heterocycles. The summed E-state index contributed by atoms with van der Waals surface area (Å²) < 4.78 is 0. The summed E-state index contributed by atoms with van der Waals surface area (Å²) in [5.74, 6) is 0. The van der Waals surface area contributed by atoms with Gasteiger partial charge in [0.15, 0.2) is 0 Å². The highest BCUT2D eigenvalue weighted by Gasteiger charge is 2.03. The maximum absolute atomic E-state index is 4.29. The Morgan fingerprint density at radius 3 is 2.56 bits per heavy atom. The fourth-order valence-electron chi connectivity index (χ4n) is 2.03. The lowest BCUT2D eigenvalue weighted by Crippen LogP contribution is -2.27. The summed E-state index contributed by atoms with van der Waals surface area (Å²) in [5, 5.41) is 3.42. The predicted octanol–water partition coefficient (Wildman–Crippen LogP) is 2.68. The monoisotopic (exact) mass is 241 g/mol. The summed E-state index contributed by atoms with van der Waals surface area (Å²) in [6.45, 7) is 5.35. The van der Waals surface area contributed by atoms with E-state index in [9.17, 15) is 0 Å². The van der Waals surface area contributed by atoms with Crippen molar-refractivity contribution in [2.45, 2.75) is 26.3 Å². The van der Waals surface area contributed by atoms with Crippen LogP contribution >= 0.6 is 0 Å². The van der Waals surface area contributed by atoms with E-state index in [0.29, 0.717) is 6.04 Å². The van der Waals surface area contributed by atoms with Crippen LogP contribution in [0.2, 0.25) is 0 Å². The Morgan fingerprint density at radius 2 is 1.94 bits per heavy atom. The summed E-state index contributed by atoms with van der Waals surface area (Å²) >= 11 is 0. The van der Waals surface area contributed by atoms with Gasteiger partial charge in [-0.1, -0.05) is 31.2 Å². The third kappa shape index (κ3) is 3.37. The molecular weight excluding hydrogens is 222 g/mol.